The van der Waals surface area contributed by atoms with E-state index >= 15 is 0 Å². The molecule has 0 aliphatic rings. The van der Waals surface area contributed by atoms with Crippen molar-refractivity contribution in [1.29, 1.82) is 0 Å². The van der Waals surface area contributed by atoms with E-state index in [2.05, 4.69) is 4.99 Å². The topological polar surface area (TPSA) is 60.7 Å². The van der Waals surface area contributed by atoms with Gasteiger partial charge in [-0.2, -0.15) is 4.99 Å². The molecule has 1 amide bonds. The summed E-state index contributed by atoms with van der Waals surface area (Å²) >= 11 is 13.3. The van der Waals surface area contributed by atoms with E-state index in [9.17, 15) is 9.59 Å². The predicted octanol–water partition coefficient (Wildman–Crippen LogP) is 3.92. The van der Waals surface area contributed by atoms with Gasteiger partial charge in [0.2, 0.25) is 0 Å². The van der Waals surface area contributed by atoms with Gasteiger partial charge in [0.15, 0.2) is 4.80 Å². The van der Waals surface area contributed by atoms with Crippen LogP contribution in [-0.2, 0) is 16.1 Å². The van der Waals surface area contributed by atoms with Gasteiger partial charge in [0, 0.05) is 5.02 Å². The summed E-state index contributed by atoms with van der Waals surface area (Å²) in [4.78, 5) is 28.7. The Morgan fingerprint density at radius 2 is 1.96 bits per heavy atom. The number of hydrogen-bond donors (Lipinski definition) is 0. The first-order chi connectivity index (χ1) is 12.0. The third kappa shape index (κ3) is 3.76. The van der Waals surface area contributed by atoms with Gasteiger partial charge in [0.25, 0.3) is 5.91 Å². The molecule has 1 aromatic heterocycles. The summed E-state index contributed by atoms with van der Waals surface area (Å²) in [5.74, 6) is -0.928. The average molecular weight is 395 g/mol. The molecular weight excluding hydrogens is 383 g/mol. The minimum atomic E-state index is -0.484. The summed E-state index contributed by atoms with van der Waals surface area (Å²) in [6.45, 7) is -0.0627. The van der Waals surface area contributed by atoms with Crippen LogP contribution in [0.2, 0.25) is 10.0 Å². The summed E-state index contributed by atoms with van der Waals surface area (Å²) < 4.78 is 7.16. The van der Waals surface area contributed by atoms with E-state index < -0.39 is 11.9 Å². The molecule has 25 heavy (non-hydrogen) atoms. The number of fused-ring (bicyclic) bond motifs is 1. The standard InChI is InChI=1S/C17H12Cl2N2O3S/c1-24-15(22)9-21-13-7-6-10(18)8-14(13)25-17(21)20-16(23)11-4-2-3-5-12(11)19/h2-8H,9H2,1H3. The van der Waals surface area contributed by atoms with Crippen LogP contribution in [0.1, 0.15) is 10.4 Å². The highest BCUT2D eigenvalue weighted by atomic mass is 35.5. The van der Waals surface area contributed by atoms with Crippen LogP contribution >= 0.6 is 34.5 Å². The van der Waals surface area contributed by atoms with Gasteiger partial charge in [-0.05, 0) is 30.3 Å². The number of hydrogen-bond acceptors (Lipinski definition) is 4. The summed E-state index contributed by atoms with van der Waals surface area (Å²) in [5.41, 5.74) is 1.04. The molecule has 0 atom stereocenters. The molecule has 0 N–H and O–H groups in total. The van der Waals surface area contributed by atoms with Gasteiger partial charge >= 0.3 is 5.97 Å². The third-order valence-electron chi connectivity index (χ3n) is 3.46. The van der Waals surface area contributed by atoms with Crippen LogP contribution in [0.5, 0.6) is 0 Å². The zero-order chi connectivity index (χ0) is 18.0. The number of carbonyl (C=O) groups is 2. The van der Waals surface area contributed by atoms with Crippen LogP contribution in [-0.4, -0.2) is 23.6 Å². The second-order valence-corrected chi connectivity index (χ2v) is 6.91. The second-order valence-electron chi connectivity index (χ2n) is 5.06. The van der Waals surface area contributed by atoms with Crippen LogP contribution in [0.25, 0.3) is 10.2 Å². The predicted molar refractivity (Wildman–Crippen MR) is 98.2 cm³/mol. The van der Waals surface area contributed by atoms with Gasteiger partial charge in [0.05, 0.1) is 27.9 Å². The van der Waals surface area contributed by atoms with Gasteiger partial charge in [-0.1, -0.05) is 46.7 Å². The number of amides is 1. The first-order valence-corrected chi connectivity index (χ1v) is 8.76. The third-order valence-corrected chi connectivity index (χ3v) is 5.07. The van der Waals surface area contributed by atoms with Gasteiger partial charge in [-0.3, -0.25) is 9.59 Å². The Labute approximate surface area is 157 Å². The lowest BCUT2D eigenvalue weighted by molar-refractivity contribution is -0.141. The smallest absolute Gasteiger partial charge is 0.325 e. The second kappa shape index (κ2) is 7.39. The first-order valence-electron chi connectivity index (χ1n) is 7.19. The molecule has 8 heteroatoms. The van der Waals surface area contributed by atoms with Crippen molar-refractivity contribution in [3.05, 3.63) is 62.9 Å². The molecule has 2 aromatic carbocycles. The number of rotatable bonds is 3. The maximum atomic E-state index is 12.5. The van der Waals surface area contributed by atoms with Crippen molar-refractivity contribution in [3.8, 4) is 0 Å². The van der Waals surface area contributed by atoms with Crippen LogP contribution < -0.4 is 4.80 Å². The molecule has 128 valence electrons. The summed E-state index contributed by atoms with van der Waals surface area (Å²) in [5, 5.41) is 0.878. The van der Waals surface area contributed by atoms with E-state index in [4.69, 9.17) is 27.9 Å². The van der Waals surface area contributed by atoms with Crippen molar-refractivity contribution < 1.29 is 14.3 Å². The molecular formula is C17H12Cl2N2O3S. The van der Waals surface area contributed by atoms with Gasteiger partial charge < -0.3 is 9.30 Å². The van der Waals surface area contributed by atoms with E-state index in [1.807, 2.05) is 0 Å². The zero-order valence-electron chi connectivity index (χ0n) is 13.0. The van der Waals surface area contributed by atoms with Crippen LogP contribution in [0, 0.1) is 0 Å². The Bertz CT molecular complexity index is 1040. The van der Waals surface area contributed by atoms with Crippen molar-refractivity contribution in [2.75, 3.05) is 7.11 Å². The van der Waals surface area contributed by atoms with E-state index in [1.165, 1.54) is 18.4 Å². The van der Waals surface area contributed by atoms with Gasteiger partial charge in [-0.25, -0.2) is 0 Å². The Kier molecular flexibility index (Phi) is 5.22. The maximum absolute atomic E-state index is 12.5. The molecule has 0 saturated heterocycles. The number of aromatic nitrogens is 1. The Morgan fingerprint density at radius 1 is 1.20 bits per heavy atom. The van der Waals surface area contributed by atoms with E-state index in [1.54, 1.807) is 47.0 Å². The molecule has 3 aromatic rings. The highest BCUT2D eigenvalue weighted by Crippen LogP contribution is 2.22. The Hall–Kier alpha value is -2.15. The highest BCUT2D eigenvalue weighted by Gasteiger charge is 2.14. The fourth-order valence-electron chi connectivity index (χ4n) is 2.26. The Balaban J connectivity index is 2.17. The lowest BCUT2D eigenvalue weighted by Gasteiger charge is -2.04. The summed E-state index contributed by atoms with van der Waals surface area (Å²) in [7, 11) is 1.31. The van der Waals surface area contributed by atoms with Gasteiger partial charge in [-0.15, -0.1) is 0 Å². The van der Waals surface area contributed by atoms with Crippen LogP contribution in [0.15, 0.2) is 47.5 Å². The van der Waals surface area contributed by atoms with Crippen LogP contribution in [0.3, 0.4) is 0 Å². The van der Waals surface area contributed by atoms with Crippen molar-refractivity contribution in [2.45, 2.75) is 6.54 Å². The number of thiazole rings is 1. The zero-order valence-corrected chi connectivity index (χ0v) is 15.4. The molecule has 3 rings (SSSR count). The van der Waals surface area contributed by atoms with E-state index in [0.29, 0.717) is 20.4 Å². The molecule has 0 unspecified atom stereocenters. The number of halogens is 2. The SMILES string of the molecule is COC(=O)Cn1c(=NC(=O)c2ccccc2Cl)sc2cc(Cl)ccc21. The molecule has 5 nitrogen and oxygen atoms in total. The van der Waals surface area contributed by atoms with E-state index in [0.717, 1.165) is 10.2 Å². The molecule has 0 fully saturated rings. The summed E-state index contributed by atoms with van der Waals surface area (Å²) in [6, 6.07) is 11.9. The highest BCUT2D eigenvalue weighted by molar-refractivity contribution is 7.16. The largest absolute Gasteiger partial charge is 0.468 e. The summed E-state index contributed by atoms with van der Waals surface area (Å²) in [6.07, 6.45) is 0. The minimum absolute atomic E-state index is 0.0627. The maximum Gasteiger partial charge on any atom is 0.325 e. The van der Waals surface area contributed by atoms with Gasteiger partial charge in [0.1, 0.15) is 6.54 Å². The van der Waals surface area contributed by atoms with E-state index in [-0.39, 0.29) is 6.54 Å². The number of nitrogens with zero attached hydrogens (tertiary/aromatic N) is 2. The normalized spacial score (nSPS) is 11.7. The van der Waals surface area contributed by atoms with Crippen molar-refractivity contribution in [2.24, 2.45) is 4.99 Å². The molecule has 0 aliphatic carbocycles. The van der Waals surface area contributed by atoms with Crippen LogP contribution in [0.4, 0.5) is 0 Å². The number of carbonyl (C=O) groups excluding carboxylic acids is 2. The number of methoxy groups -OCH3 is 1. The molecule has 0 aliphatic heterocycles. The quantitative estimate of drug-likeness (QED) is 0.632. The minimum Gasteiger partial charge on any atom is -0.468 e. The number of esters is 1. The molecule has 0 bridgehead atoms. The average Bonchev–Trinajstić information content (AvgIpc) is 2.91. The fourth-order valence-corrected chi connectivity index (χ4v) is 3.78. The monoisotopic (exact) mass is 394 g/mol. The lowest BCUT2D eigenvalue weighted by atomic mass is 10.2. The number of ether oxygens (including phenoxy) is 1. The number of benzene rings is 2. The molecule has 1 heterocycles. The lowest BCUT2D eigenvalue weighted by Crippen LogP contribution is -2.22. The molecule has 0 saturated carbocycles. The van der Waals surface area contributed by atoms with Crippen molar-refractivity contribution in [3.63, 3.8) is 0 Å². The van der Waals surface area contributed by atoms with Crippen molar-refractivity contribution in [1.82, 2.24) is 4.57 Å². The Morgan fingerprint density at radius 3 is 2.68 bits per heavy atom. The van der Waals surface area contributed by atoms with Crippen molar-refractivity contribution >= 4 is 56.6 Å². The first kappa shape index (κ1) is 17.7. The molecule has 0 radical (unpaired) electrons. The fraction of sp³-hybridized carbons (Fsp3) is 0.118. The molecule has 0 spiro atoms.